The molecule has 17 heavy (non-hydrogen) atoms. The highest BCUT2D eigenvalue weighted by Crippen LogP contribution is 2.14. The van der Waals surface area contributed by atoms with Crippen molar-refractivity contribution in [2.75, 3.05) is 19.5 Å². The number of hydrogen-bond acceptors (Lipinski definition) is 5. The molecule has 0 spiro atoms. The van der Waals surface area contributed by atoms with E-state index < -0.39 is 0 Å². The Morgan fingerprint density at radius 2 is 2.29 bits per heavy atom. The van der Waals surface area contributed by atoms with E-state index in [0.717, 1.165) is 4.57 Å². The quantitative estimate of drug-likeness (QED) is 0.748. The minimum atomic E-state index is -0.322. The molecule has 3 N–H and O–H groups in total. The molecule has 0 fully saturated rings. The van der Waals surface area contributed by atoms with Gasteiger partial charge in [0, 0.05) is 12.8 Å². The third-order valence-electron chi connectivity index (χ3n) is 2.48. The van der Waals surface area contributed by atoms with Gasteiger partial charge in [-0.3, -0.25) is 9.36 Å². The SMILES string of the molecule is COCCn1c(O)nc2ccc(N)cc2c1=O. The number of nitrogens with zero attached hydrogens (tertiary/aromatic N) is 2. The molecule has 0 saturated carbocycles. The van der Waals surface area contributed by atoms with Gasteiger partial charge in [0.05, 0.1) is 24.1 Å². The molecule has 2 aromatic rings. The number of hydrogen-bond donors (Lipinski definition) is 2. The second-order valence-electron chi connectivity index (χ2n) is 3.64. The van der Waals surface area contributed by atoms with Crippen LogP contribution in [-0.4, -0.2) is 28.4 Å². The molecule has 6 heteroatoms. The van der Waals surface area contributed by atoms with Crippen LogP contribution >= 0.6 is 0 Å². The Morgan fingerprint density at radius 3 is 3.00 bits per heavy atom. The van der Waals surface area contributed by atoms with Gasteiger partial charge in [-0.05, 0) is 18.2 Å². The summed E-state index contributed by atoms with van der Waals surface area (Å²) in [7, 11) is 1.52. The topological polar surface area (TPSA) is 90.4 Å². The van der Waals surface area contributed by atoms with E-state index in [0.29, 0.717) is 23.2 Å². The van der Waals surface area contributed by atoms with E-state index in [-0.39, 0.29) is 18.1 Å². The standard InChI is InChI=1S/C11H13N3O3/c1-17-5-4-14-10(15)8-6-7(12)2-3-9(8)13-11(14)16/h2-3,6H,4-5,12H2,1H3,(H,13,16). The summed E-state index contributed by atoms with van der Waals surface area (Å²) in [5.74, 6) is 0. The Bertz CT molecular complexity index is 607. The number of nitrogens with two attached hydrogens (primary N) is 1. The van der Waals surface area contributed by atoms with Gasteiger partial charge in [0.2, 0.25) is 0 Å². The monoisotopic (exact) mass is 235 g/mol. The Balaban J connectivity index is 2.65. The zero-order valence-electron chi connectivity index (χ0n) is 9.38. The minimum Gasteiger partial charge on any atom is -0.480 e. The molecule has 0 aliphatic heterocycles. The van der Waals surface area contributed by atoms with E-state index in [2.05, 4.69) is 4.98 Å². The van der Waals surface area contributed by atoms with Gasteiger partial charge in [-0.25, -0.2) is 0 Å². The van der Waals surface area contributed by atoms with Crippen molar-refractivity contribution >= 4 is 16.6 Å². The zero-order chi connectivity index (χ0) is 12.4. The lowest BCUT2D eigenvalue weighted by Gasteiger charge is -2.08. The Kier molecular flexibility index (Phi) is 2.97. The Morgan fingerprint density at radius 1 is 1.53 bits per heavy atom. The second kappa shape index (κ2) is 4.42. The molecule has 90 valence electrons. The summed E-state index contributed by atoms with van der Waals surface area (Å²) in [6, 6.07) is 4.47. The maximum atomic E-state index is 12.1. The van der Waals surface area contributed by atoms with Crippen molar-refractivity contribution in [2.24, 2.45) is 0 Å². The summed E-state index contributed by atoms with van der Waals surface area (Å²) in [5.41, 5.74) is 6.21. The van der Waals surface area contributed by atoms with Crippen LogP contribution in [0.15, 0.2) is 23.0 Å². The molecule has 1 aromatic heterocycles. The van der Waals surface area contributed by atoms with Crippen LogP contribution in [0.3, 0.4) is 0 Å². The van der Waals surface area contributed by atoms with Crippen LogP contribution < -0.4 is 11.3 Å². The summed E-state index contributed by atoms with van der Waals surface area (Å²) in [5, 5.41) is 10.0. The molecule has 0 amide bonds. The van der Waals surface area contributed by atoms with Crippen molar-refractivity contribution < 1.29 is 9.84 Å². The predicted molar refractivity (Wildman–Crippen MR) is 64.0 cm³/mol. The van der Waals surface area contributed by atoms with E-state index in [1.54, 1.807) is 18.2 Å². The first kappa shape index (κ1) is 11.4. The number of rotatable bonds is 3. The summed E-state index contributed by atoms with van der Waals surface area (Å²) in [6.45, 7) is 0.571. The smallest absolute Gasteiger partial charge is 0.297 e. The fraction of sp³-hybridized carbons (Fsp3) is 0.273. The summed E-state index contributed by atoms with van der Waals surface area (Å²) in [4.78, 5) is 16.0. The summed E-state index contributed by atoms with van der Waals surface area (Å²) < 4.78 is 6.03. The van der Waals surface area contributed by atoms with Gasteiger partial charge in [0.25, 0.3) is 11.6 Å². The van der Waals surface area contributed by atoms with Crippen molar-refractivity contribution in [1.29, 1.82) is 0 Å². The number of ether oxygens (including phenoxy) is 1. The van der Waals surface area contributed by atoms with Crippen molar-refractivity contribution in [3.05, 3.63) is 28.6 Å². The number of aromatic hydroxyl groups is 1. The largest absolute Gasteiger partial charge is 0.480 e. The molecular formula is C11H13N3O3. The van der Waals surface area contributed by atoms with Crippen molar-refractivity contribution in [1.82, 2.24) is 9.55 Å². The molecule has 6 nitrogen and oxygen atoms in total. The first-order valence-corrected chi connectivity index (χ1v) is 5.11. The van der Waals surface area contributed by atoms with Crippen LogP contribution in [0.2, 0.25) is 0 Å². The number of methoxy groups -OCH3 is 1. The third-order valence-corrected chi connectivity index (χ3v) is 2.48. The lowest BCUT2D eigenvalue weighted by molar-refractivity contribution is 0.181. The number of benzene rings is 1. The van der Waals surface area contributed by atoms with E-state index in [9.17, 15) is 9.90 Å². The van der Waals surface area contributed by atoms with Crippen molar-refractivity contribution in [3.63, 3.8) is 0 Å². The average Bonchev–Trinajstić information content (AvgIpc) is 2.30. The predicted octanol–water partition coefficient (Wildman–Crippen LogP) is 0.331. The van der Waals surface area contributed by atoms with Crippen LogP contribution in [-0.2, 0) is 11.3 Å². The van der Waals surface area contributed by atoms with Gasteiger partial charge >= 0.3 is 0 Å². The van der Waals surface area contributed by atoms with E-state index in [1.807, 2.05) is 0 Å². The lowest BCUT2D eigenvalue weighted by Crippen LogP contribution is -2.23. The van der Waals surface area contributed by atoms with Gasteiger partial charge in [-0.1, -0.05) is 0 Å². The van der Waals surface area contributed by atoms with Gasteiger partial charge < -0.3 is 15.6 Å². The minimum absolute atomic E-state index is 0.249. The highest BCUT2D eigenvalue weighted by Gasteiger charge is 2.09. The molecule has 1 heterocycles. The highest BCUT2D eigenvalue weighted by atomic mass is 16.5. The maximum Gasteiger partial charge on any atom is 0.297 e. The molecule has 0 aliphatic rings. The number of anilines is 1. The maximum absolute atomic E-state index is 12.1. The molecule has 0 atom stereocenters. The molecule has 1 aromatic carbocycles. The zero-order valence-corrected chi connectivity index (χ0v) is 9.38. The molecule has 0 bridgehead atoms. The Hall–Kier alpha value is -2.08. The van der Waals surface area contributed by atoms with Crippen LogP contribution in [0.4, 0.5) is 5.69 Å². The van der Waals surface area contributed by atoms with Crippen LogP contribution in [0.25, 0.3) is 10.9 Å². The van der Waals surface area contributed by atoms with E-state index in [4.69, 9.17) is 10.5 Å². The fourth-order valence-electron chi connectivity index (χ4n) is 1.61. The average molecular weight is 235 g/mol. The second-order valence-corrected chi connectivity index (χ2v) is 3.64. The van der Waals surface area contributed by atoms with Crippen molar-refractivity contribution in [3.8, 4) is 6.01 Å². The molecule has 2 rings (SSSR count). The lowest BCUT2D eigenvalue weighted by atomic mass is 10.2. The molecule has 0 radical (unpaired) electrons. The highest BCUT2D eigenvalue weighted by molar-refractivity contribution is 5.81. The van der Waals surface area contributed by atoms with Gasteiger partial charge in [-0.2, -0.15) is 4.98 Å². The number of aromatic nitrogens is 2. The van der Waals surface area contributed by atoms with Gasteiger partial charge in [0.15, 0.2) is 0 Å². The summed E-state index contributed by atoms with van der Waals surface area (Å²) >= 11 is 0. The van der Waals surface area contributed by atoms with Gasteiger partial charge in [-0.15, -0.1) is 0 Å². The Labute approximate surface area is 97.3 Å². The summed E-state index contributed by atoms with van der Waals surface area (Å²) in [6.07, 6.45) is 0. The van der Waals surface area contributed by atoms with E-state index >= 15 is 0 Å². The van der Waals surface area contributed by atoms with Crippen molar-refractivity contribution in [2.45, 2.75) is 6.54 Å². The first-order valence-electron chi connectivity index (χ1n) is 5.11. The number of fused-ring (bicyclic) bond motifs is 1. The molecule has 0 unspecified atom stereocenters. The normalized spacial score (nSPS) is 10.9. The number of nitrogen functional groups attached to an aromatic ring is 1. The third kappa shape index (κ3) is 2.07. The van der Waals surface area contributed by atoms with Crippen LogP contribution in [0, 0.1) is 0 Å². The van der Waals surface area contributed by atoms with Crippen LogP contribution in [0.1, 0.15) is 0 Å². The van der Waals surface area contributed by atoms with E-state index in [1.165, 1.54) is 7.11 Å². The molecule has 0 saturated heterocycles. The van der Waals surface area contributed by atoms with Gasteiger partial charge in [0.1, 0.15) is 0 Å². The van der Waals surface area contributed by atoms with Crippen LogP contribution in [0.5, 0.6) is 6.01 Å². The molecule has 0 aliphatic carbocycles. The molecular weight excluding hydrogens is 222 g/mol. The fourth-order valence-corrected chi connectivity index (χ4v) is 1.61. The first-order chi connectivity index (χ1) is 8.13.